The van der Waals surface area contributed by atoms with E-state index in [0.717, 1.165) is 0 Å². The molecule has 0 spiro atoms. The van der Waals surface area contributed by atoms with E-state index in [4.69, 9.17) is 11.5 Å². The number of nitro benzene ring substituents is 1. The Morgan fingerprint density at radius 3 is 2.35 bits per heavy atom. The summed E-state index contributed by atoms with van der Waals surface area (Å²) in [5, 5.41) is 13.2. The number of benzene rings is 2. The molecule has 0 aliphatic heterocycles. The van der Waals surface area contributed by atoms with E-state index >= 15 is 0 Å². The molecule has 1 amide bonds. The van der Waals surface area contributed by atoms with Gasteiger partial charge in [0.05, 0.1) is 16.3 Å². The molecule has 102 valence electrons. The number of anilines is 3. The fourth-order valence-electron chi connectivity index (χ4n) is 1.60. The van der Waals surface area contributed by atoms with E-state index in [9.17, 15) is 14.9 Å². The van der Waals surface area contributed by atoms with Gasteiger partial charge in [-0.15, -0.1) is 0 Å². The van der Waals surface area contributed by atoms with E-state index in [-0.39, 0.29) is 17.1 Å². The van der Waals surface area contributed by atoms with Gasteiger partial charge < -0.3 is 16.8 Å². The highest BCUT2D eigenvalue weighted by Gasteiger charge is 2.12. The third kappa shape index (κ3) is 2.83. The van der Waals surface area contributed by atoms with Crippen molar-refractivity contribution in [3.8, 4) is 0 Å². The normalized spacial score (nSPS) is 10.0. The first kappa shape index (κ1) is 13.3. The lowest BCUT2D eigenvalue weighted by Gasteiger charge is -2.08. The first-order valence-corrected chi connectivity index (χ1v) is 5.68. The standard InChI is InChI=1S/C13H12N4O3/c14-9-3-1-8(2-4-9)13(18)16-12-7-10(17(19)20)5-6-11(12)15/h1-7H,14-15H2,(H,16,18). The maximum absolute atomic E-state index is 12.0. The Morgan fingerprint density at radius 2 is 1.75 bits per heavy atom. The van der Waals surface area contributed by atoms with Crippen LogP contribution in [0.5, 0.6) is 0 Å². The Labute approximate surface area is 114 Å². The molecule has 0 aliphatic rings. The third-order valence-corrected chi connectivity index (χ3v) is 2.67. The number of nitrogens with one attached hydrogen (secondary N) is 1. The number of carbonyl (C=O) groups excluding carboxylic acids is 1. The Hall–Kier alpha value is -3.09. The van der Waals surface area contributed by atoms with Gasteiger partial charge in [-0.3, -0.25) is 14.9 Å². The fraction of sp³-hybridized carbons (Fsp3) is 0. The smallest absolute Gasteiger partial charge is 0.271 e. The van der Waals surface area contributed by atoms with Crippen molar-refractivity contribution in [2.75, 3.05) is 16.8 Å². The highest BCUT2D eigenvalue weighted by molar-refractivity contribution is 6.06. The van der Waals surface area contributed by atoms with E-state index in [0.29, 0.717) is 11.3 Å². The lowest BCUT2D eigenvalue weighted by molar-refractivity contribution is -0.384. The van der Waals surface area contributed by atoms with Crippen LogP contribution in [0.3, 0.4) is 0 Å². The highest BCUT2D eigenvalue weighted by Crippen LogP contribution is 2.25. The minimum absolute atomic E-state index is 0.146. The molecular formula is C13H12N4O3. The zero-order valence-corrected chi connectivity index (χ0v) is 10.4. The lowest BCUT2D eigenvalue weighted by Crippen LogP contribution is -2.13. The summed E-state index contributed by atoms with van der Waals surface area (Å²) in [6.07, 6.45) is 0. The van der Waals surface area contributed by atoms with E-state index < -0.39 is 10.8 Å². The van der Waals surface area contributed by atoms with Crippen LogP contribution in [0.2, 0.25) is 0 Å². The number of hydrogen-bond acceptors (Lipinski definition) is 5. The molecule has 0 saturated carbocycles. The molecule has 2 rings (SSSR count). The van der Waals surface area contributed by atoms with Gasteiger partial charge in [-0.1, -0.05) is 0 Å². The van der Waals surface area contributed by atoms with Gasteiger partial charge in [-0.2, -0.15) is 0 Å². The first-order chi connectivity index (χ1) is 9.47. The summed E-state index contributed by atoms with van der Waals surface area (Å²) in [7, 11) is 0. The molecule has 7 heteroatoms. The maximum atomic E-state index is 12.0. The van der Waals surface area contributed by atoms with Gasteiger partial charge in [0, 0.05) is 23.4 Å². The largest absolute Gasteiger partial charge is 0.399 e. The van der Waals surface area contributed by atoms with Crippen LogP contribution in [0, 0.1) is 10.1 Å². The molecule has 5 N–H and O–H groups in total. The van der Waals surface area contributed by atoms with Crippen LogP contribution in [0.15, 0.2) is 42.5 Å². The minimum atomic E-state index is -0.557. The SMILES string of the molecule is Nc1ccc(C(=O)Nc2cc([N+](=O)[O-])ccc2N)cc1. The second kappa shape index (κ2) is 5.27. The second-order valence-electron chi connectivity index (χ2n) is 4.10. The van der Waals surface area contributed by atoms with Gasteiger partial charge >= 0.3 is 0 Å². The molecule has 0 fully saturated rings. The summed E-state index contributed by atoms with van der Waals surface area (Å²) in [6, 6.07) is 10.1. The van der Waals surface area contributed by atoms with Crippen molar-refractivity contribution in [2.24, 2.45) is 0 Å². The molecule has 0 saturated heterocycles. The number of non-ortho nitro benzene ring substituents is 1. The fourth-order valence-corrected chi connectivity index (χ4v) is 1.60. The van der Waals surface area contributed by atoms with Crippen LogP contribution in [0.1, 0.15) is 10.4 Å². The van der Waals surface area contributed by atoms with Crippen LogP contribution < -0.4 is 16.8 Å². The van der Waals surface area contributed by atoms with Gasteiger partial charge in [0.1, 0.15) is 0 Å². The van der Waals surface area contributed by atoms with Crippen molar-refractivity contribution in [3.63, 3.8) is 0 Å². The van der Waals surface area contributed by atoms with Gasteiger partial charge in [0.25, 0.3) is 11.6 Å². The molecule has 7 nitrogen and oxygen atoms in total. The van der Waals surface area contributed by atoms with Gasteiger partial charge in [-0.05, 0) is 30.3 Å². The third-order valence-electron chi connectivity index (χ3n) is 2.67. The molecule has 0 bridgehead atoms. The molecule has 2 aromatic rings. The lowest BCUT2D eigenvalue weighted by atomic mass is 10.2. The molecule has 20 heavy (non-hydrogen) atoms. The van der Waals surface area contributed by atoms with Crippen LogP contribution in [-0.4, -0.2) is 10.8 Å². The number of nitrogens with zero attached hydrogens (tertiary/aromatic N) is 1. The average Bonchev–Trinajstić information content (AvgIpc) is 2.41. The molecule has 0 aliphatic carbocycles. The zero-order valence-electron chi connectivity index (χ0n) is 10.4. The number of rotatable bonds is 3. The van der Waals surface area contributed by atoms with E-state index in [1.807, 2.05) is 0 Å². The van der Waals surface area contributed by atoms with E-state index in [1.54, 1.807) is 24.3 Å². The number of amides is 1. The minimum Gasteiger partial charge on any atom is -0.399 e. The summed E-state index contributed by atoms with van der Waals surface area (Å²) in [5.41, 5.74) is 12.4. The Bertz CT molecular complexity index is 668. The molecule has 0 atom stereocenters. The Kier molecular flexibility index (Phi) is 3.52. The molecule has 2 aromatic carbocycles. The maximum Gasteiger partial charge on any atom is 0.271 e. The van der Waals surface area contributed by atoms with Crippen molar-refractivity contribution in [2.45, 2.75) is 0 Å². The topological polar surface area (TPSA) is 124 Å². The summed E-state index contributed by atoms with van der Waals surface area (Å²) in [5.74, 6) is -0.419. The Morgan fingerprint density at radius 1 is 1.10 bits per heavy atom. The number of nitrogens with two attached hydrogens (primary N) is 2. The predicted octanol–water partition coefficient (Wildman–Crippen LogP) is 2.01. The second-order valence-corrected chi connectivity index (χ2v) is 4.10. The number of carbonyl (C=O) groups is 1. The van der Waals surface area contributed by atoms with Gasteiger partial charge in [0.2, 0.25) is 0 Å². The molecule has 0 aromatic heterocycles. The number of nitro groups is 1. The Balaban J connectivity index is 2.25. The van der Waals surface area contributed by atoms with Gasteiger partial charge in [-0.25, -0.2) is 0 Å². The first-order valence-electron chi connectivity index (χ1n) is 5.68. The highest BCUT2D eigenvalue weighted by atomic mass is 16.6. The van der Waals surface area contributed by atoms with Crippen LogP contribution in [0.4, 0.5) is 22.7 Å². The summed E-state index contributed by atoms with van der Waals surface area (Å²) >= 11 is 0. The summed E-state index contributed by atoms with van der Waals surface area (Å²) in [6.45, 7) is 0. The van der Waals surface area contributed by atoms with Crippen molar-refractivity contribution in [1.82, 2.24) is 0 Å². The van der Waals surface area contributed by atoms with Crippen LogP contribution >= 0.6 is 0 Å². The van der Waals surface area contributed by atoms with Gasteiger partial charge in [0.15, 0.2) is 0 Å². The summed E-state index contributed by atoms with van der Waals surface area (Å²) in [4.78, 5) is 22.1. The van der Waals surface area contributed by atoms with Crippen molar-refractivity contribution in [1.29, 1.82) is 0 Å². The van der Waals surface area contributed by atoms with E-state index in [2.05, 4.69) is 5.32 Å². The van der Waals surface area contributed by atoms with Crippen molar-refractivity contribution >= 4 is 28.7 Å². The molecular weight excluding hydrogens is 260 g/mol. The van der Waals surface area contributed by atoms with E-state index in [1.165, 1.54) is 18.2 Å². The van der Waals surface area contributed by atoms with Crippen molar-refractivity contribution < 1.29 is 9.72 Å². The van der Waals surface area contributed by atoms with Crippen LogP contribution in [-0.2, 0) is 0 Å². The van der Waals surface area contributed by atoms with Crippen LogP contribution in [0.25, 0.3) is 0 Å². The molecule has 0 radical (unpaired) electrons. The summed E-state index contributed by atoms with van der Waals surface area (Å²) < 4.78 is 0. The monoisotopic (exact) mass is 272 g/mol. The van der Waals surface area contributed by atoms with Crippen molar-refractivity contribution in [3.05, 3.63) is 58.1 Å². The molecule has 0 heterocycles. The number of hydrogen-bond donors (Lipinski definition) is 3. The zero-order chi connectivity index (χ0) is 14.7. The average molecular weight is 272 g/mol. The number of nitrogen functional groups attached to an aromatic ring is 2. The predicted molar refractivity (Wildman–Crippen MR) is 76.3 cm³/mol. The molecule has 0 unspecified atom stereocenters. The quantitative estimate of drug-likeness (QED) is 0.448.